The molecule has 0 spiro atoms. The Morgan fingerprint density at radius 1 is 1.50 bits per heavy atom. The van der Waals surface area contributed by atoms with Crippen molar-refractivity contribution in [3.8, 4) is 0 Å². The van der Waals surface area contributed by atoms with E-state index in [2.05, 4.69) is 30.2 Å². The molecule has 0 bridgehead atoms. The first-order chi connectivity index (χ1) is 6.65. The molecular formula is C12H18N2. The van der Waals surface area contributed by atoms with Crippen LogP contribution in [-0.4, -0.2) is 12.0 Å². The highest BCUT2D eigenvalue weighted by molar-refractivity contribution is 5.31. The van der Waals surface area contributed by atoms with Crippen molar-refractivity contribution in [1.29, 1.82) is 0 Å². The number of hydrogen-bond donors (Lipinski definition) is 1. The van der Waals surface area contributed by atoms with Gasteiger partial charge in [0, 0.05) is 18.4 Å². The van der Waals surface area contributed by atoms with E-state index < -0.39 is 0 Å². The molecule has 14 heavy (non-hydrogen) atoms. The molecule has 76 valence electrons. The minimum Gasteiger partial charge on any atom is -0.313 e. The van der Waals surface area contributed by atoms with Gasteiger partial charge < -0.3 is 5.32 Å². The predicted octanol–water partition coefficient (Wildman–Crippen LogP) is 2.31. The average molecular weight is 190 g/mol. The van der Waals surface area contributed by atoms with Gasteiger partial charge >= 0.3 is 0 Å². The van der Waals surface area contributed by atoms with E-state index in [9.17, 15) is 0 Å². The lowest BCUT2D eigenvalue weighted by Crippen LogP contribution is -2.36. The summed E-state index contributed by atoms with van der Waals surface area (Å²) in [6.45, 7) is 4.66. The van der Waals surface area contributed by atoms with E-state index in [1.54, 1.807) is 0 Å². The zero-order valence-electron chi connectivity index (χ0n) is 9.17. The molecule has 0 aromatic carbocycles. The lowest BCUT2D eigenvalue weighted by atomic mass is 9.71. The van der Waals surface area contributed by atoms with Crippen LogP contribution in [0.4, 0.5) is 0 Å². The normalized spacial score (nSPS) is 24.4. The second-order valence-corrected chi connectivity index (χ2v) is 4.78. The van der Waals surface area contributed by atoms with Crippen LogP contribution < -0.4 is 5.32 Å². The van der Waals surface area contributed by atoms with Gasteiger partial charge in [-0.1, -0.05) is 13.8 Å². The molecule has 1 aliphatic carbocycles. The first-order valence-corrected chi connectivity index (χ1v) is 5.25. The van der Waals surface area contributed by atoms with Gasteiger partial charge in [0.1, 0.15) is 0 Å². The van der Waals surface area contributed by atoms with Crippen LogP contribution in [0.1, 0.15) is 37.4 Å². The van der Waals surface area contributed by atoms with Gasteiger partial charge in [-0.3, -0.25) is 4.98 Å². The van der Waals surface area contributed by atoms with Gasteiger partial charge in [-0.05, 0) is 42.5 Å². The molecule has 0 aliphatic heterocycles. The number of nitrogens with one attached hydrogen (secondary N) is 1. The Hall–Kier alpha value is -0.890. The predicted molar refractivity (Wildman–Crippen MR) is 58.1 cm³/mol. The Morgan fingerprint density at radius 2 is 2.29 bits per heavy atom. The van der Waals surface area contributed by atoms with Crippen molar-refractivity contribution in [3.63, 3.8) is 0 Å². The molecule has 0 saturated carbocycles. The van der Waals surface area contributed by atoms with E-state index in [-0.39, 0.29) is 0 Å². The van der Waals surface area contributed by atoms with Gasteiger partial charge in [0.2, 0.25) is 0 Å². The Bertz CT molecular complexity index is 331. The molecule has 1 unspecified atom stereocenters. The van der Waals surface area contributed by atoms with E-state index in [0.29, 0.717) is 11.5 Å². The zero-order valence-corrected chi connectivity index (χ0v) is 9.17. The highest BCUT2D eigenvalue weighted by Gasteiger charge is 2.34. The fraction of sp³-hybridized carbons (Fsp3) is 0.583. The number of hydrogen-bond acceptors (Lipinski definition) is 2. The van der Waals surface area contributed by atoms with E-state index in [1.165, 1.54) is 17.5 Å². The number of rotatable bonds is 1. The SMILES string of the molecule is CNC1c2ccncc2CCC1(C)C. The van der Waals surface area contributed by atoms with Crippen molar-refractivity contribution in [1.82, 2.24) is 10.3 Å². The van der Waals surface area contributed by atoms with Gasteiger partial charge in [0.05, 0.1) is 0 Å². The summed E-state index contributed by atoms with van der Waals surface area (Å²) in [5.74, 6) is 0. The fourth-order valence-corrected chi connectivity index (χ4v) is 2.50. The van der Waals surface area contributed by atoms with Crippen LogP contribution in [0.15, 0.2) is 18.5 Å². The molecular weight excluding hydrogens is 172 g/mol. The van der Waals surface area contributed by atoms with Gasteiger partial charge in [-0.2, -0.15) is 0 Å². The first-order valence-electron chi connectivity index (χ1n) is 5.25. The third kappa shape index (κ3) is 1.44. The van der Waals surface area contributed by atoms with Gasteiger partial charge in [0.15, 0.2) is 0 Å². The van der Waals surface area contributed by atoms with Crippen LogP contribution in [0.3, 0.4) is 0 Å². The summed E-state index contributed by atoms with van der Waals surface area (Å²) < 4.78 is 0. The molecule has 1 N–H and O–H groups in total. The molecule has 2 heteroatoms. The standard InChI is InChI=1S/C12H18N2/c1-12(2)6-4-9-8-14-7-5-10(9)11(12)13-3/h5,7-8,11,13H,4,6H2,1-3H3. The van der Waals surface area contributed by atoms with E-state index in [1.807, 2.05) is 19.4 Å². The van der Waals surface area contributed by atoms with Crippen molar-refractivity contribution < 1.29 is 0 Å². The van der Waals surface area contributed by atoms with Crippen molar-refractivity contribution in [2.75, 3.05) is 7.05 Å². The van der Waals surface area contributed by atoms with Crippen molar-refractivity contribution in [2.45, 2.75) is 32.7 Å². The number of aromatic nitrogens is 1. The van der Waals surface area contributed by atoms with Crippen LogP contribution in [0.2, 0.25) is 0 Å². The summed E-state index contributed by atoms with van der Waals surface area (Å²) in [7, 11) is 2.04. The molecule has 0 amide bonds. The minimum atomic E-state index is 0.350. The number of aryl methyl sites for hydroxylation is 1. The molecule has 0 radical (unpaired) electrons. The van der Waals surface area contributed by atoms with Crippen molar-refractivity contribution in [3.05, 3.63) is 29.6 Å². The third-order valence-corrected chi connectivity index (χ3v) is 3.36. The number of nitrogens with zero attached hydrogens (tertiary/aromatic N) is 1. The maximum Gasteiger partial charge on any atom is 0.0373 e. The van der Waals surface area contributed by atoms with E-state index in [4.69, 9.17) is 0 Å². The van der Waals surface area contributed by atoms with Crippen LogP contribution in [-0.2, 0) is 6.42 Å². The Morgan fingerprint density at radius 3 is 3.00 bits per heavy atom. The molecule has 1 heterocycles. The van der Waals surface area contributed by atoms with Crippen molar-refractivity contribution in [2.24, 2.45) is 5.41 Å². The quantitative estimate of drug-likeness (QED) is 0.735. The van der Waals surface area contributed by atoms with Crippen LogP contribution in [0.5, 0.6) is 0 Å². The van der Waals surface area contributed by atoms with Gasteiger partial charge in [0.25, 0.3) is 0 Å². The monoisotopic (exact) mass is 190 g/mol. The Balaban J connectivity index is 2.45. The molecule has 0 fully saturated rings. The summed E-state index contributed by atoms with van der Waals surface area (Å²) in [4.78, 5) is 4.19. The maximum atomic E-state index is 4.19. The topological polar surface area (TPSA) is 24.9 Å². The molecule has 1 aromatic heterocycles. The highest BCUT2D eigenvalue weighted by atomic mass is 14.9. The summed E-state index contributed by atoms with van der Waals surface area (Å²) in [5, 5.41) is 3.42. The minimum absolute atomic E-state index is 0.350. The molecule has 2 rings (SSSR count). The van der Waals surface area contributed by atoms with Crippen molar-refractivity contribution >= 4 is 0 Å². The molecule has 1 aromatic rings. The van der Waals surface area contributed by atoms with Crippen LogP contribution in [0, 0.1) is 5.41 Å². The fourth-order valence-electron chi connectivity index (χ4n) is 2.50. The molecule has 2 nitrogen and oxygen atoms in total. The largest absolute Gasteiger partial charge is 0.313 e. The lowest BCUT2D eigenvalue weighted by Gasteiger charge is -2.39. The summed E-state index contributed by atoms with van der Waals surface area (Å²) in [6, 6.07) is 2.62. The van der Waals surface area contributed by atoms with Crippen LogP contribution in [0.25, 0.3) is 0 Å². The summed E-state index contributed by atoms with van der Waals surface area (Å²) in [6.07, 6.45) is 6.30. The van der Waals surface area contributed by atoms with Crippen LogP contribution >= 0.6 is 0 Å². The number of fused-ring (bicyclic) bond motifs is 1. The second kappa shape index (κ2) is 3.35. The second-order valence-electron chi connectivity index (χ2n) is 4.78. The van der Waals surface area contributed by atoms with E-state index >= 15 is 0 Å². The Kier molecular flexibility index (Phi) is 2.31. The number of pyridine rings is 1. The summed E-state index contributed by atoms with van der Waals surface area (Å²) >= 11 is 0. The molecule has 1 aliphatic rings. The molecule has 1 atom stereocenters. The average Bonchev–Trinajstić information content (AvgIpc) is 2.17. The first kappa shape index (κ1) is 9.66. The molecule has 0 saturated heterocycles. The third-order valence-electron chi connectivity index (χ3n) is 3.36. The maximum absolute atomic E-state index is 4.19. The van der Waals surface area contributed by atoms with Gasteiger partial charge in [-0.25, -0.2) is 0 Å². The van der Waals surface area contributed by atoms with Gasteiger partial charge in [-0.15, -0.1) is 0 Å². The van der Waals surface area contributed by atoms with E-state index in [0.717, 1.165) is 6.42 Å². The summed E-state index contributed by atoms with van der Waals surface area (Å²) in [5.41, 5.74) is 3.19. The zero-order chi connectivity index (χ0) is 10.2. The smallest absolute Gasteiger partial charge is 0.0373 e. The lowest BCUT2D eigenvalue weighted by molar-refractivity contribution is 0.219. The Labute approximate surface area is 85.7 Å². The highest BCUT2D eigenvalue weighted by Crippen LogP contribution is 2.42.